The molecule has 0 aliphatic rings. The van der Waals surface area contributed by atoms with E-state index < -0.39 is 0 Å². The van der Waals surface area contributed by atoms with Crippen LogP contribution in [-0.4, -0.2) is 0 Å². The Bertz CT molecular complexity index is 1650. The van der Waals surface area contributed by atoms with Crippen LogP contribution < -0.4 is 0 Å². The molecule has 49 heavy (non-hydrogen) atoms. The minimum atomic E-state index is -0.150. The molecule has 0 aliphatic carbocycles. The molecule has 4 rings (SSSR count). The van der Waals surface area contributed by atoms with E-state index in [9.17, 15) is 0 Å². The minimum Gasteiger partial charge on any atom is -0.143 e. The topological polar surface area (TPSA) is 0 Å². The van der Waals surface area contributed by atoms with Crippen molar-refractivity contribution in [2.45, 2.75) is 150 Å². The van der Waals surface area contributed by atoms with Gasteiger partial charge < -0.3 is 0 Å². The van der Waals surface area contributed by atoms with Gasteiger partial charge >= 0.3 is 0 Å². The Kier molecular flexibility index (Phi) is 16.4. The lowest BCUT2D eigenvalue weighted by atomic mass is 9.70. The molecule has 0 aromatic heterocycles. The van der Waals surface area contributed by atoms with Gasteiger partial charge in [-0.25, -0.2) is 0 Å². The van der Waals surface area contributed by atoms with E-state index in [1.165, 1.54) is 70.2 Å². The smallest absolute Gasteiger partial charge is 0.0199 e. The van der Waals surface area contributed by atoms with Crippen molar-refractivity contribution in [1.82, 2.24) is 0 Å². The molecule has 0 nitrogen and oxygen atoms in total. The maximum Gasteiger partial charge on any atom is 0.0199 e. The van der Waals surface area contributed by atoms with Gasteiger partial charge in [0.25, 0.3) is 0 Å². The summed E-state index contributed by atoms with van der Waals surface area (Å²) >= 11 is 37.1. The summed E-state index contributed by atoms with van der Waals surface area (Å²) in [5.41, 5.74) is 10.1. The molecular weight excluding hydrogens is 749 g/mol. The molecule has 266 valence electrons. The number of hydrogen-bond donors (Lipinski definition) is 8. The van der Waals surface area contributed by atoms with E-state index >= 15 is 0 Å². The standard InChI is InChI=1S/C24H34S4.C17H20S4/c1-5-8-10-16-12-18(25)14-20(27)22(16)24(4,7-3)23-17(11-9-6-2)13-19(26)15-21(23)28;1-9-5-13(18)15(20)7-11(9)17(3,4)12-8-16(21)14(19)6-10(12)2/h12-15,25-28H,5-11H2,1-4H3;5-8,18-21H,1-4H3. The van der Waals surface area contributed by atoms with E-state index in [-0.39, 0.29) is 10.8 Å². The lowest BCUT2D eigenvalue weighted by Crippen LogP contribution is -2.28. The predicted molar refractivity (Wildman–Crippen MR) is 239 cm³/mol. The average molecular weight is 803 g/mol. The van der Waals surface area contributed by atoms with E-state index in [1.54, 1.807) is 0 Å². The number of aryl methyl sites for hydroxylation is 4. The maximum atomic E-state index is 4.93. The minimum absolute atomic E-state index is 0.133. The molecule has 0 heterocycles. The van der Waals surface area contributed by atoms with Crippen LogP contribution in [0.1, 0.15) is 118 Å². The summed E-state index contributed by atoms with van der Waals surface area (Å²) in [5.74, 6) is 0. The second kappa shape index (κ2) is 18.6. The number of benzene rings is 4. The summed E-state index contributed by atoms with van der Waals surface area (Å²) in [7, 11) is 0. The number of unbranched alkanes of at least 4 members (excludes halogenated alkanes) is 2. The van der Waals surface area contributed by atoms with E-state index in [0.29, 0.717) is 0 Å². The summed E-state index contributed by atoms with van der Waals surface area (Å²) in [6.45, 7) is 17.8. The lowest BCUT2D eigenvalue weighted by molar-refractivity contribution is 0.514. The highest BCUT2D eigenvalue weighted by molar-refractivity contribution is 7.84. The van der Waals surface area contributed by atoms with Crippen LogP contribution in [0.3, 0.4) is 0 Å². The van der Waals surface area contributed by atoms with Crippen LogP contribution in [-0.2, 0) is 23.7 Å². The third-order valence-corrected chi connectivity index (χ3v) is 12.8. The molecule has 0 aliphatic heterocycles. The van der Waals surface area contributed by atoms with Gasteiger partial charge in [0.05, 0.1) is 0 Å². The summed E-state index contributed by atoms with van der Waals surface area (Å²) in [4.78, 5) is 7.67. The van der Waals surface area contributed by atoms with Crippen molar-refractivity contribution >= 4 is 101 Å². The summed E-state index contributed by atoms with van der Waals surface area (Å²) < 4.78 is 0. The molecule has 0 saturated heterocycles. The van der Waals surface area contributed by atoms with Crippen LogP contribution in [0.4, 0.5) is 0 Å². The first-order valence-electron chi connectivity index (χ1n) is 17.1. The van der Waals surface area contributed by atoms with Crippen LogP contribution in [0.15, 0.2) is 87.7 Å². The van der Waals surface area contributed by atoms with Crippen LogP contribution in [0.25, 0.3) is 0 Å². The van der Waals surface area contributed by atoms with Gasteiger partial charge in [0.2, 0.25) is 0 Å². The second-order valence-electron chi connectivity index (χ2n) is 13.8. The molecule has 4 aromatic carbocycles. The average Bonchev–Trinajstić information content (AvgIpc) is 3.01. The summed E-state index contributed by atoms with van der Waals surface area (Å²) in [5, 5.41) is 0. The van der Waals surface area contributed by atoms with Gasteiger partial charge in [-0.05, 0) is 139 Å². The summed E-state index contributed by atoms with van der Waals surface area (Å²) in [6.07, 6.45) is 7.79. The maximum absolute atomic E-state index is 4.93. The van der Waals surface area contributed by atoms with Crippen molar-refractivity contribution in [2.75, 3.05) is 0 Å². The first-order chi connectivity index (χ1) is 22.9. The molecule has 4 aromatic rings. The van der Waals surface area contributed by atoms with Crippen molar-refractivity contribution in [3.05, 3.63) is 93.0 Å². The Morgan fingerprint density at radius 2 is 0.816 bits per heavy atom. The molecule has 0 bridgehead atoms. The molecule has 8 heteroatoms. The molecular formula is C41H54S8. The molecule has 0 radical (unpaired) electrons. The highest BCUT2D eigenvalue weighted by atomic mass is 32.1. The van der Waals surface area contributed by atoms with E-state index in [2.05, 4.69) is 180 Å². The van der Waals surface area contributed by atoms with Gasteiger partial charge in [-0.2, -0.15) is 0 Å². The van der Waals surface area contributed by atoms with Crippen LogP contribution in [0.5, 0.6) is 0 Å². The van der Waals surface area contributed by atoms with Gasteiger partial charge in [-0.15, -0.1) is 101 Å². The molecule has 0 spiro atoms. The zero-order valence-electron chi connectivity index (χ0n) is 30.1. The van der Waals surface area contributed by atoms with Crippen molar-refractivity contribution < 1.29 is 0 Å². The van der Waals surface area contributed by atoms with Gasteiger partial charge in [0, 0.05) is 50.0 Å². The largest absolute Gasteiger partial charge is 0.143 e. The fourth-order valence-electron chi connectivity index (χ4n) is 7.07. The third-order valence-electron chi connectivity index (χ3n) is 9.77. The quantitative estimate of drug-likeness (QED) is 0.0681. The van der Waals surface area contributed by atoms with Crippen LogP contribution in [0, 0.1) is 13.8 Å². The van der Waals surface area contributed by atoms with Gasteiger partial charge in [0.1, 0.15) is 0 Å². The molecule has 0 saturated carbocycles. The number of hydrogen-bond acceptors (Lipinski definition) is 8. The van der Waals surface area contributed by atoms with E-state index in [0.717, 1.165) is 58.4 Å². The van der Waals surface area contributed by atoms with Crippen molar-refractivity contribution in [2.24, 2.45) is 0 Å². The predicted octanol–water partition coefficient (Wildman–Crippen LogP) is 14.0. The fourth-order valence-corrected chi connectivity index (χ4v) is 9.81. The van der Waals surface area contributed by atoms with Crippen molar-refractivity contribution in [3.63, 3.8) is 0 Å². The number of rotatable bonds is 11. The molecule has 0 N–H and O–H groups in total. The lowest BCUT2D eigenvalue weighted by Gasteiger charge is -2.36. The Labute approximate surface area is 341 Å². The highest BCUT2D eigenvalue weighted by Gasteiger charge is 2.35. The Hall–Kier alpha value is -0.320. The normalized spacial score (nSPS) is 11.8. The molecule has 0 unspecified atom stereocenters. The van der Waals surface area contributed by atoms with Crippen LogP contribution >= 0.6 is 101 Å². The highest BCUT2D eigenvalue weighted by Crippen LogP contribution is 2.46. The molecule has 0 fully saturated rings. The van der Waals surface area contributed by atoms with Gasteiger partial charge in [-0.3, -0.25) is 0 Å². The first-order valence-corrected chi connectivity index (χ1v) is 20.7. The van der Waals surface area contributed by atoms with E-state index in [4.69, 9.17) is 25.3 Å². The van der Waals surface area contributed by atoms with Gasteiger partial charge in [-0.1, -0.05) is 54.4 Å². The van der Waals surface area contributed by atoms with Crippen molar-refractivity contribution in [1.29, 1.82) is 0 Å². The summed E-state index contributed by atoms with van der Waals surface area (Å²) in [6, 6.07) is 17.0. The zero-order chi connectivity index (χ0) is 36.8. The molecule has 0 amide bonds. The SMILES string of the molecule is CCCCc1cc(S)cc(S)c1C(C)(CC)c1c(S)cc(S)cc1CCCC.Cc1cc(S)c(S)cc1C(C)(C)c1cc(S)c(S)cc1C. The number of thiol groups is 8. The van der Waals surface area contributed by atoms with Crippen molar-refractivity contribution in [3.8, 4) is 0 Å². The third kappa shape index (κ3) is 10.2. The fraction of sp³-hybridized carbons (Fsp3) is 0.415. The first kappa shape index (κ1) is 43.1. The monoisotopic (exact) mass is 802 g/mol. The Balaban J connectivity index is 0.000000276. The van der Waals surface area contributed by atoms with E-state index in [1.807, 2.05) is 0 Å². The molecule has 0 atom stereocenters. The van der Waals surface area contributed by atoms with Gasteiger partial charge in [0.15, 0.2) is 0 Å². The van der Waals surface area contributed by atoms with Crippen LogP contribution in [0.2, 0.25) is 0 Å². The second-order valence-corrected chi connectivity index (χ2v) is 17.8. The Morgan fingerprint density at radius 3 is 1.14 bits per heavy atom. The Morgan fingerprint density at radius 1 is 0.469 bits per heavy atom. The zero-order valence-corrected chi connectivity index (χ0v) is 37.3.